The molecule has 0 radical (unpaired) electrons. The highest BCUT2D eigenvalue weighted by atomic mass is 32.2. The highest BCUT2D eigenvalue weighted by Crippen LogP contribution is 2.36. The minimum Gasteiger partial charge on any atom is -0.479 e. The number of amides is 2. The Bertz CT molecular complexity index is 889. The summed E-state index contributed by atoms with van der Waals surface area (Å²) in [6, 6.07) is 3.16. The summed E-state index contributed by atoms with van der Waals surface area (Å²) in [4.78, 5) is 24.1. The van der Waals surface area contributed by atoms with Crippen LogP contribution in [0.25, 0.3) is 0 Å². The normalized spacial score (nSPS) is 21.0. The fourth-order valence-electron chi connectivity index (χ4n) is 3.52. The van der Waals surface area contributed by atoms with E-state index in [1.54, 1.807) is 19.9 Å². The molecule has 2 heterocycles. The van der Waals surface area contributed by atoms with E-state index in [0.29, 0.717) is 42.9 Å². The van der Waals surface area contributed by atoms with Crippen LogP contribution in [0.1, 0.15) is 39.2 Å². The van der Waals surface area contributed by atoms with E-state index >= 15 is 0 Å². The van der Waals surface area contributed by atoms with Crippen molar-refractivity contribution in [3.8, 4) is 5.75 Å². The molecule has 1 fully saturated rings. The van der Waals surface area contributed by atoms with E-state index < -0.39 is 16.1 Å². The molecule has 1 saturated heterocycles. The second-order valence-electron chi connectivity index (χ2n) is 7.70. The van der Waals surface area contributed by atoms with E-state index in [1.807, 2.05) is 13.8 Å². The summed E-state index contributed by atoms with van der Waals surface area (Å²) in [5.41, 5.74) is 1.01. The number of sulfonamides is 1. The van der Waals surface area contributed by atoms with Crippen molar-refractivity contribution in [2.24, 2.45) is 5.92 Å². The number of rotatable bonds is 4. The van der Waals surface area contributed by atoms with Crippen LogP contribution in [0.4, 0.5) is 5.69 Å². The largest absolute Gasteiger partial charge is 0.479 e. The van der Waals surface area contributed by atoms with Gasteiger partial charge in [0.2, 0.25) is 15.9 Å². The van der Waals surface area contributed by atoms with Gasteiger partial charge in [0.25, 0.3) is 5.91 Å². The molecule has 0 bridgehead atoms. The quantitative estimate of drug-likeness (QED) is 0.787. The summed E-state index contributed by atoms with van der Waals surface area (Å²) >= 11 is 0. The Morgan fingerprint density at radius 3 is 2.54 bits per heavy atom. The molecule has 8 nitrogen and oxygen atoms in total. The van der Waals surface area contributed by atoms with Crippen molar-refractivity contribution in [3.63, 3.8) is 0 Å². The number of hydrogen-bond donors (Lipinski definition) is 2. The Morgan fingerprint density at radius 2 is 1.93 bits per heavy atom. The Morgan fingerprint density at radius 1 is 1.29 bits per heavy atom. The van der Waals surface area contributed by atoms with Gasteiger partial charge in [0.05, 0.1) is 10.6 Å². The molecule has 1 atom stereocenters. The van der Waals surface area contributed by atoms with Gasteiger partial charge in [-0.1, -0.05) is 0 Å². The fraction of sp³-hybridized carbons (Fsp3) is 0.579. The topological polar surface area (TPSA) is 105 Å². The molecule has 154 valence electrons. The van der Waals surface area contributed by atoms with Crippen LogP contribution in [-0.4, -0.2) is 49.8 Å². The van der Waals surface area contributed by atoms with Gasteiger partial charge in [-0.3, -0.25) is 9.59 Å². The van der Waals surface area contributed by atoms with Crippen LogP contribution in [0, 0.1) is 12.8 Å². The number of ether oxygens (including phenoxy) is 1. The number of piperidine rings is 1. The molecule has 0 saturated carbocycles. The summed E-state index contributed by atoms with van der Waals surface area (Å²) in [6.45, 7) is 7.70. The molecule has 9 heteroatoms. The van der Waals surface area contributed by atoms with E-state index in [0.717, 1.165) is 0 Å². The van der Waals surface area contributed by atoms with E-state index in [1.165, 1.54) is 10.4 Å². The molecule has 0 unspecified atom stereocenters. The summed E-state index contributed by atoms with van der Waals surface area (Å²) in [7, 11) is -3.72. The van der Waals surface area contributed by atoms with Crippen LogP contribution >= 0.6 is 0 Å². The summed E-state index contributed by atoms with van der Waals surface area (Å²) in [6.07, 6.45) is 0.303. The molecule has 1 aromatic rings. The number of carbonyl (C=O) groups excluding carboxylic acids is 2. The minimum atomic E-state index is -3.72. The number of aryl methyl sites for hydroxylation is 1. The average molecular weight is 410 g/mol. The molecular formula is C19H27N3O5S. The molecule has 28 heavy (non-hydrogen) atoms. The third-order valence-corrected chi connectivity index (χ3v) is 7.12. The Hall–Kier alpha value is -2.13. The molecule has 1 aromatic carbocycles. The Balaban J connectivity index is 1.78. The molecule has 2 aliphatic heterocycles. The van der Waals surface area contributed by atoms with Crippen molar-refractivity contribution in [2.45, 2.75) is 57.6 Å². The highest BCUT2D eigenvalue weighted by Gasteiger charge is 2.34. The van der Waals surface area contributed by atoms with E-state index in [2.05, 4.69) is 10.6 Å². The summed E-state index contributed by atoms with van der Waals surface area (Å²) < 4.78 is 33.3. The first-order valence-electron chi connectivity index (χ1n) is 9.52. The second-order valence-corrected chi connectivity index (χ2v) is 9.61. The van der Waals surface area contributed by atoms with Crippen molar-refractivity contribution < 1.29 is 22.7 Å². The first-order valence-corrected chi connectivity index (χ1v) is 11.0. The van der Waals surface area contributed by atoms with E-state index in [-0.39, 0.29) is 28.7 Å². The molecule has 2 N–H and O–H groups in total. The van der Waals surface area contributed by atoms with Gasteiger partial charge in [-0.2, -0.15) is 4.31 Å². The predicted molar refractivity (Wildman–Crippen MR) is 105 cm³/mol. The molecule has 0 aliphatic carbocycles. The SMILES string of the molecule is Cc1cc2c(cc1S(=O)(=O)N1CCC(C(=O)NC(C)C)CC1)O[C@@H](C)C(=O)N2. The zero-order valence-electron chi connectivity index (χ0n) is 16.6. The first kappa shape index (κ1) is 20.6. The van der Waals surface area contributed by atoms with Gasteiger partial charge < -0.3 is 15.4 Å². The standard InChI is InChI=1S/C19H27N3O5S/c1-11(2)20-19(24)14-5-7-22(8-6-14)28(25,26)17-10-16-15(9-12(17)3)21-18(23)13(4)27-16/h9-11,13-14H,5-8H2,1-4H3,(H,20,24)(H,21,23)/t13-/m0/s1. The van der Waals surface area contributed by atoms with Gasteiger partial charge in [0.15, 0.2) is 6.10 Å². The molecule has 2 amide bonds. The van der Waals surface area contributed by atoms with E-state index in [9.17, 15) is 18.0 Å². The molecule has 3 rings (SSSR count). The lowest BCUT2D eigenvalue weighted by atomic mass is 9.97. The van der Waals surface area contributed by atoms with Gasteiger partial charge in [-0.25, -0.2) is 8.42 Å². The summed E-state index contributed by atoms with van der Waals surface area (Å²) in [5.74, 6) is -0.0975. The number of benzene rings is 1. The van der Waals surface area contributed by atoms with Crippen molar-refractivity contribution in [1.82, 2.24) is 9.62 Å². The third kappa shape index (κ3) is 4.00. The number of nitrogens with one attached hydrogen (secondary N) is 2. The van der Waals surface area contributed by atoms with Crippen LogP contribution < -0.4 is 15.4 Å². The van der Waals surface area contributed by atoms with Gasteiger partial charge in [0, 0.05) is 31.1 Å². The van der Waals surface area contributed by atoms with Crippen LogP contribution in [0.5, 0.6) is 5.75 Å². The van der Waals surface area contributed by atoms with E-state index in [4.69, 9.17) is 4.74 Å². The maximum Gasteiger partial charge on any atom is 0.265 e. The zero-order chi connectivity index (χ0) is 20.6. The Labute approximate surface area is 165 Å². The Kier molecular flexibility index (Phi) is 5.67. The van der Waals surface area contributed by atoms with Gasteiger partial charge >= 0.3 is 0 Å². The molecule has 2 aliphatic rings. The predicted octanol–water partition coefficient (Wildman–Crippen LogP) is 1.64. The van der Waals surface area contributed by atoms with Crippen LogP contribution in [0.15, 0.2) is 17.0 Å². The third-order valence-electron chi connectivity index (χ3n) is 5.08. The number of anilines is 1. The molecule has 0 spiro atoms. The second kappa shape index (κ2) is 7.71. The van der Waals surface area contributed by atoms with Crippen molar-refractivity contribution in [1.29, 1.82) is 0 Å². The lowest BCUT2D eigenvalue weighted by Crippen LogP contribution is -2.44. The molecular weight excluding hydrogens is 382 g/mol. The highest BCUT2D eigenvalue weighted by molar-refractivity contribution is 7.89. The maximum absolute atomic E-state index is 13.2. The van der Waals surface area contributed by atoms with Crippen molar-refractivity contribution in [3.05, 3.63) is 17.7 Å². The first-order chi connectivity index (χ1) is 13.1. The lowest BCUT2D eigenvalue weighted by Gasteiger charge is -2.32. The number of carbonyl (C=O) groups is 2. The van der Waals surface area contributed by atoms with Gasteiger partial charge in [-0.05, 0) is 52.2 Å². The lowest BCUT2D eigenvalue weighted by molar-refractivity contribution is -0.126. The van der Waals surface area contributed by atoms with Crippen LogP contribution in [0.3, 0.4) is 0 Å². The number of hydrogen-bond acceptors (Lipinski definition) is 5. The monoisotopic (exact) mass is 409 g/mol. The fourth-order valence-corrected chi connectivity index (χ4v) is 5.21. The average Bonchev–Trinajstić information content (AvgIpc) is 2.62. The zero-order valence-corrected chi connectivity index (χ0v) is 17.4. The van der Waals surface area contributed by atoms with Gasteiger partial charge in [0.1, 0.15) is 5.75 Å². The minimum absolute atomic E-state index is 0.0184. The summed E-state index contributed by atoms with van der Waals surface area (Å²) in [5, 5.41) is 5.62. The van der Waals surface area contributed by atoms with Crippen molar-refractivity contribution in [2.75, 3.05) is 18.4 Å². The maximum atomic E-state index is 13.2. The van der Waals surface area contributed by atoms with Gasteiger partial charge in [-0.15, -0.1) is 0 Å². The van der Waals surface area contributed by atoms with Crippen LogP contribution in [0.2, 0.25) is 0 Å². The molecule has 0 aromatic heterocycles. The van der Waals surface area contributed by atoms with Crippen molar-refractivity contribution >= 4 is 27.5 Å². The number of fused-ring (bicyclic) bond motifs is 1. The number of nitrogens with zero attached hydrogens (tertiary/aromatic N) is 1. The smallest absolute Gasteiger partial charge is 0.265 e. The van der Waals surface area contributed by atoms with Crippen LogP contribution in [-0.2, 0) is 19.6 Å².